The minimum Gasteiger partial charge on any atom is -0.383 e. The fourth-order valence-electron chi connectivity index (χ4n) is 3.48. The molecule has 9 nitrogen and oxygen atoms in total. The number of aromatic amines is 1. The van der Waals surface area contributed by atoms with Gasteiger partial charge in [-0.1, -0.05) is 39.0 Å². The van der Waals surface area contributed by atoms with E-state index in [-0.39, 0.29) is 35.6 Å². The molecule has 0 spiro atoms. The van der Waals surface area contributed by atoms with Gasteiger partial charge in [-0.3, -0.25) is 19.1 Å². The monoisotopic (exact) mass is 486 g/mol. The third-order valence-electron chi connectivity index (χ3n) is 5.86. The average Bonchev–Trinajstić information content (AvgIpc) is 2.77. The number of nitrogens with zero attached hydrogens (tertiary/aromatic N) is 4. The van der Waals surface area contributed by atoms with Gasteiger partial charge in [0.2, 0.25) is 5.91 Å². The van der Waals surface area contributed by atoms with Crippen LogP contribution < -0.4 is 21.9 Å². The zero-order valence-electron chi connectivity index (χ0n) is 20.8. The van der Waals surface area contributed by atoms with E-state index in [0.29, 0.717) is 30.0 Å². The van der Waals surface area contributed by atoms with Crippen LogP contribution in [-0.4, -0.2) is 32.7 Å². The first-order valence-corrected chi connectivity index (χ1v) is 12.5. The lowest BCUT2D eigenvalue weighted by atomic mass is 10.1. The molecule has 0 aliphatic rings. The van der Waals surface area contributed by atoms with Gasteiger partial charge in [0, 0.05) is 18.8 Å². The Morgan fingerprint density at radius 2 is 1.94 bits per heavy atom. The third-order valence-corrected chi connectivity index (χ3v) is 6.82. The van der Waals surface area contributed by atoms with Crippen LogP contribution in [0.2, 0.25) is 0 Å². The van der Waals surface area contributed by atoms with Crippen LogP contribution in [0.15, 0.2) is 14.6 Å². The summed E-state index contributed by atoms with van der Waals surface area (Å²) in [6.07, 6.45) is 2.20. The Bertz CT molecular complexity index is 1210. The van der Waals surface area contributed by atoms with Crippen molar-refractivity contribution < 1.29 is 4.79 Å². The number of nitrogens with two attached hydrogens (primary N) is 1. The van der Waals surface area contributed by atoms with Crippen molar-refractivity contribution in [2.24, 2.45) is 5.92 Å². The zero-order chi connectivity index (χ0) is 25.6. The van der Waals surface area contributed by atoms with E-state index in [0.717, 1.165) is 35.0 Å². The fourth-order valence-corrected chi connectivity index (χ4v) is 4.44. The van der Waals surface area contributed by atoms with Gasteiger partial charge in [0.25, 0.3) is 5.56 Å². The van der Waals surface area contributed by atoms with Crippen molar-refractivity contribution >= 4 is 29.2 Å². The lowest BCUT2D eigenvalue weighted by Gasteiger charge is -2.25. The molecule has 0 radical (unpaired) electrons. The molecule has 2 heterocycles. The summed E-state index contributed by atoms with van der Waals surface area (Å²) in [5.41, 5.74) is 8.01. The van der Waals surface area contributed by atoms with Gasteiger partial charge in [0.05, 0.1) is 11.3 Å². The Labute approximate surface area is 204 Å². The average molecular weight is 487 g/mol. The van der Waals surface area contributed by atoms with Gasteiger partial charge in [-0.05, 0) is 50.7 Å². The van der Waals surface area contributed by atoms with Gasteiger partial charge >= 0.3 is 5.69 Å². The first-order chi connectivity index (χ1) is 16.0. The van der Waals surface area contributed by atoms with E-state index in [1.54, 1.807) is 0 Å². The van der Waals surface area contributed by atoms with Crippen LogP contribution in [0.4, 0.5) is 11.5 Å². The number of carbonyl (C=O) groups is 1. The van der Waals surface area contributed by atoms with Crippen molar-refractivity contribution in [2.75, 3.05) is 22.9 Å². The number of pyridine rings is 1. The molecular formula is C24H34N6O3S. The van der Waals surface area contributed by atoms with Gasteiger partial charge in [-0.15, -0.1) is 0 Å². The van der Waals surface area contributed by atoms with Crippen molar-refractivity contribution in [1.82, 2.24) is 14.5 Å². The maximum Gasteiger partial charge on any atom is 0.330 e. The Kier molecular flexibility index (Phi) is 9.50. The minimum absolute atomic E-state index is 0.00770. The molecular weight excluding hydrogens is 452 g/mol. The predicted molar refractivity (Wildman–Crippen MR) is 136 cm³/mol. The Morgan fingerprint density at radius 3 is 2.53 bits per heavy atom. The number of aryl methyl sites for hydroxylation is 1. The number of anilines is 2. The first-order valence-electron chi connectivity index (χ1n) is 11.5. The number of nitrogen functional groups attached to an aromatic ring is 1. The number of thioether (sulfide) groups is 1. The second-order valence-electron chi connectivity index (χ2n) is 8.75. The number of hydrogen-bond acceptors (Lipinski definition) is 7. The van der Waals surface area contributed by atoms with Crippen molar-refractivity contribution in [3.05, 3.63) is 43.2 Å². The number of carbonyl (C=O) groups excluding carboxylic acids is 1. The summed E-state index contributed by atoms with van der Waals surface area (Å²) < 4.78 is 1.31. The summed E-state index contributed by atoms with van der Waals surface area (Å²) in [4.78, 5) is 46.7. The largest absolute Gasteiger partial charge is 0.383 e. The standard InChI is InChI=1S/C24H34N6O3S/c1-7-8-10-30-21(26)20(22(32)28-24(30)33)29(11-9-14(2)3)19(31)13-34-23-18(12-25)16(5)15(4)17(6)27-23/h14H,7-11,13,26H2,1-6H3,(H,28,32,33). The molecule has 0 fully saturated rings. The van der Waals surface area contributed by atoms with Crippen LogP contribution in [0.3, 0.4) is 0 Å². The fraction of sp³-hybridized carbons (Fsp3) is 0.542. The molecule has 0 aliphatic heterocycles. The molecule has 0 saturated carbocycles. The Morgan fingerprint density at radius 1 is 1.26 bits per heavy atom. The summed E-state index contributed by atoms with van der Waals surface area (Å²) in [7, 11) is 0. The molecule has 0 unspecified atom stereocenters. The maximum atomic E-state index is 13.4. The van der Waals surface area contributed by atoms with E-state index in [1.807, 2.05) is 41.5 Å². The van der Waals surface area contributed by atoms with Gasteiger partial charge in [-0.2, -0.15) is 5.26 Å². The highest BCUT2D eigenvalue weighted by molar-refractivity contribution is 8.00. The van der Waals surface area contributed by atoms with E-state index >= 15 is 0 Å². The normalized spacial score (nSPS) is 11.0. The molecule has 0 aliphatic carbocycles. The topological polar surface area (TPSA) is 138 Å². The van der Waals surface area contributed by atoms with Crippen molar-refractivity contribution in [1.29, 1.82) is 5.26 Å². The number of hydrogen-bond donors (Lipinski definition) is 2. The molecule has 0 saturated heterocycles. The van der Waals surface area contributed by atoms with E-state index in [9.17, 15) is 19.6 Å². The summed E-state index contributed by atoms with van der Waals surface area (Å²) in [5, 5.41) is 10.1. The Balaban J connectivity index is 2.46. The summed E-state index contributed by atoms with van der Waals surface area (Å²) >= 11 is 1.16. The number of aromatic nitrogens is 3. The SMILES string of the molecule is CCCCn1c(N)c(N(CCC(C)C)C(=O)CSc2nc(C)c(C)c(C)c2C#N)c(=O)[nH]c1=O. The van der Waals surface area contributed by atoms with Crippen LogP contribution >= 0.6 is 11.8 Å². The van der Waals surface area contributed by atoms with E-state index < -0.39 is 11.2 Å². The molecule has 1 amide bonds. The molecule has 10 heteroatoms. The van der Waals surface area contributed by atoms with Gasteiger partial charge < -0.3 is 10.6 Å². The number of rotatable bonds is 10. The molecule has 0 bridgehead atoms. The third kappa shape index (κ3) is 6.08. The lowest BCUT2D eigenvalue weighted by molar-refractivity contribution is -0.116. The predicted octanol–water partition coefficient (Wildman–Crippen LogP) is 3.28. The summed E-state index contributed by atoms with van der Waals surface area (Å²) in [6, 6.07) is 2.19. The number of nitrogens with one attached hydrogen (secondary N) is 1. The number of H-pyrrole nitrogens is 1. The van der Waals surface area contributed by atoms with Gasteiger partial charge in [0.1, 0.15) is 16.9 Å². The van der Waals surface area contributed by atoms with Crippen LogP contribution in [0.5, 0.6) is 0 Å². The molecule has 2 aromatic heterocycles. The first kappa shape index (κ1) is 27.2. The van der Waals surface area contributed by atoms with Crippen molar-refractivity contribution in [2.45, 2.75) is 72.4 Å². The molecule has 0 aromatic carbocycles. The van der Waals surface area contributed by atoms with Gasteiger partial charge in [-0.25, -0.2) is 9.78 Å². The lowest BCUT2D eigenvalue weighted by Crippen LogP contribution is -2.42. The van der Waals surface area contributed by atoms with Crippen LogP contribution in [0.25, 0.3) is 0 Å². The second-order valence-corrected chi connectivity index (χ2v) is 9.72. The highest BCUT2D eigenvalue weighted by atomic mass is 32.2. The zero-order valence-corrected chi connectivity index (χ0v) is 21.6. The van der Waals surface area contributed by atoms with Crippen molar-refractivity contribution in [3.63, 3.8) is 0 Å². The molecule has 0 atom stereocenters. The van der Waals surface area contributed by atoms with E-state index in [4.69, 9.17) is 5.73 Å². The molecule has 2 aromatic rings. The smallest absolute Gasteiger partial charge is 0.330 e. The Hall–Kier alpha value is -3.06. The molecule has 3 N–H and O–H groups in total. The quantitative estimate of drug-likeness (QED) is 0.491. The number of nitriles is 1. The second kappa shape index (κ2) is 11.9. The maximum absolute atomic E-state index is 13.4. The minimum atomic E-state index is -0.685. The highest BCUT2D eigenvalue weighted by Gasteiger charge is 2.25. The molecule has 184 valence electrons. The van der Waals surface area contributed by atoms with Gasteiger partial charge in [0.15, 0.2) is 5.69 Å². The summed E-state index contributed by atoms with van der Waals surface area (Å²) in [5.74, 6) is -0.106. The van der Waals surface area contributed by atoms with Crippen LogP contribution in [0, 0.1) is 38.0 Å². The highest BCUT2D eigenvalue weighted by Crippen LogP contribution is 2.28. The van der Waals surface area contributed by atoms with E-state index in [1.165, 1.54) is 9.47 Å². The molecule has 2 rings (SSSR count). The van der Waals surface area contributed by atoms with Crippen LogP contribution in [-0.2, 0) is 11.3 Å². The summed E-state index contributed by atoms with van der Waals surface area (Å²) in [6.45, 7) is 12.3. The number of amides is 1. The van der Waals surface area contributed by atoms with E-state index in [2.05, 4.69) is 16.0 Å². The molecule has 34 heavy (non-hydrogen) atoms. The number of unbranched alkanes of at least 4 members (excludes halogenated alkanes) is 1. The van der Waals surface area contributed by atoms with Crippen LogP contribution in [0.1, 0.15) is 62.4 Å². The van der Waals surface area contributed by atoms with Crippen molar-refractivity contribution in [3.8, 4) is 6.07 Å².